The summed E-state index contributed by atoms with van der Waals surface area (Å²) in [6.45, 7) is 4.79. The number of amides is 1. The lowest BCUT2D eigenvalue weighted by Gasteiger charge is -2.32. The fourth-order valence-electron chi connectivity index (χ4n) is 3.81. The van der Waals surface area contributed by atoms with Crippen LogP contribution in [0.1, 0.15) is 47.2 Å². The Kier molecular flexibility index (Phi) is 5.44. The molecule has 1 aliphatic heterocycles. The van der Waals surface area contributed by atoms with E-state index in [2.05, 4.69) is 35.3 Å². The van der Waals surface area contributed by atoms with E-state index in [0.717, 1.165) is 43.3 Å². The molecule has 1 saturated carbocycles. The van der Waals surface area contributed by atoms with E-state index in [1.807, 2.05) is 30.3 Å². The van der Waals surface area contributed by atoms with E-state index < -0.39 is 0 Å². The van der Waals surface area contributed by atoms with Crippen molar-refractivity contribution < 1.29 is 9.53 Å². The van der Waals surface area contributed by atoms with Crippen molar-refractivity contribution >= 4 is 5.91 Å². The van der Waals surface area contributed by atoms with Gasteiger partial charge in [0.1, 0.15) is 12.4 Å². The van der Waals surface area contributed by atoms with Crippen LogP contribution in [0.3, 0.4) is 0 Å². The number of carbonyl (C=O) groups is 1. The van der Waals surface area contributed by atoms with Gasteiger partial charge in [-0.05, 0) is 56.4 Å². The minimum atomic E-state index is 0.000812. The fourth-order valence-corrected chi connectivity index (χ4v) is 3.81. The van der Waals surface area contributed by atoms with Gasteiger partial charge in [0, 0.05) is 30.7 Å². The predicted molar refractivity (Wildman–Crippen MR) is 107 cm³/mol. The second kappa shape index (κ2) is 8.13. The Morgan fingerprint density at radius 2 is 1.85 bits per heavy atom. The van der Waals surface area contributed by atoms with E-state index in [1.54, 1.807) is 0 Å². The maximum absolute atomic E-state index is 12.6. The van der Waals surface area contributed by atoms with Gasteiger partial charge in [-0.3, -0.25) is 4.79 Å². The maximum atomic E-state index is 12.6. The molecule has 0 radical (unpaired) electrons. The lowest BCUT2D eigenvalue weighted by Crippen LogP contribution is -2.45. The molecule has 2 aliphatic rings. The SMILES string of the molecule is Cc1cccc(COc2cccc(C(=O)NC3CCN(C4CC4)CC3)c2)c1. The van der Waals surface area contributed by atoms with Crippen molar-refractivity contribution in [3.05, 3.63) is 65.2 Å². The van der Waals surface area contributed by atoms with Crippen LogP contribution >= 0.6 is 0 Å². The summed E-state index contributed by atoms with van der Waals surface area (Å²) in [6, 6.07) is 16.9. The largest absolute Gasteiger partial charge is 0.489 e. The molecule has 2 fully saturated rings. The number of hydrogen-bond acceptors (Lipinski definition) is 3. The van der Waals surface area contributed by atoms with Gasteiger partial charge < -0.3 is 15.0 Å². The van der Waals surface area contributed by atoms with Crippen LogP contribution in [-0.2, 0) is 6.61 Å². The van der Waals surface area contributed by atoms with E-state index in [4.69, 9.17) is 4.74 Å². The fraction of sp³-hybridized carbons (Fsp3) is 0.435. The molecule has 27 heavy (non-hydrogen) atoms. The second-order valence-corrected chi connectivity index (χ2v) is 7.82. The third-order valence-corrected chi connectivity index (χ3v) is 5.51. The zero-order valence-electron chi connectivity index (χ0n) is 16.0. The average Bonchev–Trinajstić information content (AvgIpc) is 3.53. The zero-order chi connectivity index (χ0) is 18.6. The molecule has 1 heterocycles. The molecule has 0 atom stereocenters. The highest BCUT2D eigenvalue weighted by Gasteiger charge is 2.32. The van der Waals surface area contributed by atoms with Gasteiger partial charge in [0.2, 0.25) is 0 Å². The number of likely N-dealkylation sites (tertiary alicyclic amines) is 1. The molecular weight excluding hydrogens is 336 g/mol. The van der Waals surface area contributed by atoms with Crippen LogP contribution in [0.5, 0.6) is 5.75 Å². The molecule has 4 heteroatoms. The van der Waals surface area contributed by atoms with Gasteiger partial charge in [-0.15, -0.1) is 0 Å². The van der Waals surface area contributed by atoms with Crippen LogP contribution in [0.2, 0.25) is 0 Å². The summed E-state index contributed by atoms with van der Waals surface area (Å²) in [7, 11) is 0. The molecule has 4 nitrogen and oxygen atoms in total. The average molecular weight is 364 g/mol. The first-order chi connectivity index (χ1) is 13.2. The molecule has 0 unspecified atom stereocenters. The quantitative estimate of drug-likeness (QED) is 0.844. The Morgan fingerprint density at radius 1 is 1.07 bits per heavy atom. The number of benzene rings is 2. The number of nitrogens with one attached hydrogen (secondary N) is 1. The van der Waals surface area contributed by atoms with E-state index in [-0.39, 0.29) is 11.9 Å². The molecule has 4 rings (SSSR count). The van der Waals surface area contributed by atoms with Gasteiger partial charge in [0.05, 0.1) is 0 Å². The Bertz CT molecular complexity index is 792. The molecule has 1 amide bonds. The molecule has 2 aromatic carbocycles. The Hall–Kier alpha value is -2.33. The molecule has 142 valence electrons. The monoisotopic (exact) mass is 364 g/mol. The topological polar surface area (TPSA) is 41.6 Å². The maximum Gasteiger partial charge on any atom is 0.251 e. The van der Waals surface area contributed by atoms with Crippen LogP contribution in [0.15, 0.2) is 48.5 Å². The first-order valence-electron chi connectivity index (χ1n) is 10.0. The third kappa shape index (κ3) is 4.89. The van der Waals surface area contributed by atoms with Gasteiger partial charge in [0.25, 0.3) is 5.91 Å². The summed E-state index contributed by atoms with van der Waals surface area (Å²) in [5.41, 5.74) is 3.02. The molecule has 1 N–H and O–H groups in total. The van der Waals surface area contributed by atoms with Crippen molar-refractivity contribution in [2.45, 2.75) is 51.3 Å². The number of piperidine rings is 1. The standard InChI is InChI=1S/C23H28N2O2/c1-17-4-2-5-18(14-17)16-27-22-7-3-6-19(15-22)23(26)24-20-10-12-25(13-11-20)21-8-9-21/h2-7,14-15,20-21H,8-13,16H2,1H3,(H,24,26). The van der Waals surface area contributed by atoms with Gasteiger partial charge in [-0.2, -0.15) is 0 Å². The zero-order valence-corrected chi connectivity index (χ0v) is 16.0. The number of hydrogen-bond donors (Lipinski definition) is 1. The van der Waals surface area contributed by atoms with Crippen molar-refractivity contribution in [3.63, 3.8) is 0 Å². The van der Waals surface area contributed by atoms with Crippen molar-refractivity contribution in [2.75, 3.05) is 13.1 Å². The molecule has 1 aliphatic carbocycles. The third-order valence-electron chi connectivity index (χ3n) is 5.51. The lowest BCUT2D eigenvalue weighted by molar-refractivity contribution is 0.0908. The molecule has 0 bridgehead atoms. The molecule has 0 aromatic heterocycles. The number of ether oxygens (including phenoxy) is 1. The van der Waals surface area contributed by atoms with Crippen molar-refractivity contribution in [1.82, 2.24) is 10.2 Å². The summed E-state index contributed by atoms with van der Waals surface area (Å²) in [5, 5.41) is 3.20. The number of rotatable bonds is 6. The summed E-state index contributed by atoms with van der Waals surface area (Å²) in [5.74, 6) is 0.730. The molecule has 2 aromatic rings. The van der Waals surface area contributed by atoms with Crippen molar-refractivity contribution in [1.29, 1.82) is 0 Å². The smallest absolute Gasteiger partial charge is 0.251 e. The van der Waals surface area contributed by atoms with Crippen LogP contribution in [0, 0.1) is 6.92 Å². The highest BCUT2D eigenvalue weighted by molar-refractivity contribution is 5.94. The Labute approximate surface area is 161 Å². The Morgan fingerprint density at radius 3 is 2.59 bits per heavy atom. The van der Waals surface area contributed by atoms with Gasteiger partial charge in [-0.1, -0.05) is 35.9 Å². The van der Waals surface area contributed by atoms with E-state index >= 15 is 0 Å². The normalized spacial score (nSPS) is 18.3. The van der Waals surface area contributed by atoms with Crippen LogP contribution in [-0.4, -0.2) is 36.0 Å². The van der Waals surface area contributed by atoms with Gasteiger partial charge in [0.15, 0.2) is 0 Å². The summed E-state index contributed by atoms with van der Waals surface area (Å²) < 4.78 is 5.89. The second-order valence-electron chi connectivity index (χ2n) is 7.82. The minimum absolute atomic E-state index is 0.000812. The van der Waals surface area contributed by atoms with Gasteiger partial charge in [-0.25, -0.2) is 0 Å². The van der Waals surface area contributed by atoms with Crippen molar-refractivity contribution in [3.8, 4) is 5.75 Å². The van der Waals surface area contributed by atoms with E-state index in [9.17, 15) is 4.79 Å². The molecular formula is C23H28N2O2. The van der Waals surface area contributed by atoms with Crippen molar-refractivity contribution in [2.24, 2.45) is 0 Å². The first kappa shape index (κ1) is 18.1. The minimum Gasteiger partial charge on any atom is -0.489 e. The summed E-state index contributed by atoms with van der Waals surface area (Å²) in [4.78, 5) is 15.2. The molecule has 0 spiro atoms. The Balaban J connectivity index is 1.30. The number of aryl methyl sites for hydroxylation is 1. The van der Waals surface area contributed by atoms with Crippen LogP contribution in [0.4, 0.5) is 0 Å². The highest BCUT2D eigenvalue weighted by Crippen LogP contribution is 2.29. The highest BCUT2D eigenvalue weighted by atomic mass is 16.5. The predicted octanol–water partition coefficient (Wildman–Crippen LogP) is 3.93. The summed E-state index contributed by atoms with van der Waals surface area (Å²) >= 11 is 0. The first-order valence-corrected chi connectivity index (χ1v) is 10.0. The molecule has 1 saturated heterocycles. The lowest BCUT2D eigenvalue weighted by atomic mass is 10.0. The van der Waals surface area contributed by atoms with E-state index in [1.165, 1.54) is 18.4 Å². The van der Waals surface area contributed by atoms with E-state index in [0.29, 0.717) is 12.2 Å². The van der Waals surface area contributed by atoms with Gasteiger partial charge >= 0.3 is 0 Å². The number of nitrogens with zero attached hydrogens (tertiary/aromatic N) is 1. The summed E-state index contributed by atoms with van der Waals surface area (Å²) in [6.07, 6.45) is 4.80. The van der Waals surface area contributed by atoms with Crippen LogP contribution < -0.4 is 10.1 Å². The number of carbonyl (C=O) groups excluding carboxylic acids is 1. The van der Waals surface area contributed by atoms with Crippen LogP contribution in [0.25, 0.3) is 0 Å².